The summed E-state index contributed by atoms with van der Waals surface area (Å²) < 4.78 is 24.2. The highest BCUT2D eigenvalue weighted by atomic mass is 19.3. The number of nitrogens with two attached hydrogens (primary N) is 1. The van der Waals surface area contributed by atoms with Gasteiger partial charge < -0.3 is 10.6 Å². The molecule has 0 unspecified atom stereocenters. The summed E-state index contributed by atoms with van der Waals surface area (Å²) in [6.45, 7) is -0.376. The third-order valence-electron chi connectivity index (χ3n) is 2.03. The zero-order valence-electron chi connectivity index (χ0n) is 8.86. The van der Waals surface area contributed by atoms with Gasteiger partial charge in [0.05, 0.1) is 12.2 Å². The molecular weight excluding hydrogens is 216 g/mol. The number of hydrogen-bond acceptors (Lipinski definition) is 3. The number of carbonyl (C=O) groups is 1. The standard InChI is InChI=1S/C10H13F2N3O/c1-15(6-9(11)12)10(16)7-2-3-14-8(4-7)5-13/h2-4,9H,5-6,13H2,1H3. The molecule has 0 aromatic carbocycles. The van der Waals surface area contributed by atoms with Crippen molar-refractivity contribution < 1.29 is 13.6 Å². The van der Waals surface area contributed by atoms with Crippen LogP contribution in [0.1, 0.15) is 16.1 Å². The third kappa shape index (κ3) is 3.23. The Bertz CT molecular complexity index is 371. The third-order valence-corrected chi connectivity index (χ3v) is 2.03. The number of carbonyl (C=O) groups excluding carboxylic acids is 1. The summed E-state index contributed by atoms with van der Waals surface area (Å²) in [7, 11) is 1.33. The highest BCUT2D eigenvalue weighted by molar-refractivity contribution is 5.94. The molecule has 0 atom stereocenters. The molecule has 1 aromatic heterocycles. The Labute approximate surface area is 92.1 Å². The molecule has 0 aliphatic rings. The van der Waals surface area contributed by atoms with E-state index in [1.54, 1.807) is 0 Å². The van der Waals surface area contributed by atoms with Crippen LogP contribution in [0.3, 0.4) is 0 Å². The fourth-order valence-electron chi connectivity index (χ4n) is 1.23. The van der Waals surface area contributed by atoms with Crippen molar-refractivity contribution >= 4 is 5.91 Å². The van der Waals surface area contributed by atoms with E-state index in [0.717, 1.165) is 4.90 Å². The van der Waals surface area contributed by atoms with Gasteiger partial charge in [0.2, 0.25) is 0 Å². The molecule has 2 N–H and O–H groups in total. The van der Waals surface area contributed by atoms with Crippen LogP contribution in [0.5, 0.6) is 0 Å². The Balaban J connectivity index is 2.79. The van der Waals surface area contributed by atoms with Crippen LogP contribution in [-0.4, -0.2) is 35.8 Å². The van der Waals surface area contributed by atoms with Crippen LogP contribution in [0.2, 0.25) is 0 Å². The van der Waals surface area contributed by atoms with Gasteiger partial charge in [-0.2, -0.15) is 0 Å². The van der Waals surface area contributed by atoms with Crippen LogP contribution < -0.4 is 5.73 Å². The highest BCUT2D eigenvalue weighted by Crippen LogP contribution is 2.06. The minimum Gasteiger partial charge on any atom is -0.336 e. The van der Waals surface area contributed by atoms with E-state index < -0.39 is 18.9 Å². The van der Waals surface area contributed by atoms with Gasteiger partial charge in [-0.25, -0.2) is 8.78 Å². The molecule has 0 spiro atoms. The summed E-state index contributed by atoms with van der Waals surface area (Å²) in [5.41, 5.74) is 6.24. The SMILES string of the molecule is CN(CC(F)F)C(=O)c1ccnc(CN)c1. The summed E-state index contributed by atoms with van der Waals surface area (Å²) in [4.78, 5) is 16.6. The zero-order chi connectivity index (χ0) is 12.1. The predicted octanol–water partition coefficient (Wildman–Crippen LogP) is 0.877. The number of halogens is 2. The van der Waals surface area contributed by atoms with Gasteiger partial charge in [-0.1, -0.05) is 0 Å². The van der Waals surface area contributed by atoms with Crippen molar-refractivity contribution in [1.82, 2.24) is 9.88 Å². The summed E-state index contributed by atoms with van der Waals surface area (Å²) >= 11 is 0. The van der Waals surface area contributed by atoms with Crippen molar-refractivity contribution in [2.45, 2.75) is 13.0 Å². The fourth-order valence-corrected chi connectivity index (χ4v) is 1.23. The second kappa shape index (κ2) is 5.50. The second-order valence-corrected chi connectivity index (χ2v) is 3.32. The van der Waals surface area contributed by atoms with Crippen LogP contribution in [0, 0.1) is 0 Å². The van der Waals surface area contributed by atoms with Gasteiger partial charge in [-0.15, -0.1) is 0 Å². The van der Waals surface area contributed by atoms with E-state index in [0.29, 0.717) is 11.3 Å². The molecule has 88 valence electrons. The van der Waals surface area contributed by atoms with Crippen LogP contribution in [-0.2, 0) is 6.54 Å². The van der Waals surface area contributed by atoms with Crippen LogP contribution in [0.15, 0.2) is 18.3 Å². The van der Waals surface area contributed by atoms with E-state index in [-0.39, 0.29) is 6.54 Å². The number of pyridine rings is 1. The smallest absolute Gasteiger partial charge is 0.255 e. The number of aromatic nitrogens is 1. The van der Waals surface area contributed by atoms with Crippen molar-refractivity contribution in [3.8, 4) is 0 Å². The lowest BCUT2D eigenvalue weighted by Gasteiger charge is -2.16. The highest BCUT2D eigenvalue weighted by Gasteiger charge is 2.15. The Hall–Kier alpha value is -1.56. The van der Waals surface area contributed by atoms with Gasteiger partial charge in [0, 0.05) is 25.4 Å². The maximum absolute atomic E-state index is 12.1. The maximum atomic E-state index is 12.1. The number of amides is 1. The molecule has 16 heavy (non-hydrogen) atoms. The first-order valence-electron chi connectivity index (χ1n) is 4.73. The van der Waals surface area contributed by atoms with Crippen LogP contribution in [0.4, 0.5) is 8.78 Å². The van der Waals surface area contributed by atoms with Gasteiger partial charge in [-0.3, -0.25) is 9.78 Å². The lowest BCUT2D eigenvalue weighted by molar-refractivity contribution is 0.0620. The Kier molecular flexibility index (Phi) is 4.30. The lowest BCUT2D eigenvalue weighted by Crippen LogP contribution is -2.31. The normalized spacial score (nSPS) is 10.6. The molecule has 0 aliphatic carbocycles. The van der Waals surface area contributed by atoms with Crippen molar-refractivity contribution in [3.63, 3.8) is 0 Å². The lowest BCUT2D eigenvalue weighted by atomic mass is 10.2. The van der Waals surface area contributed by atoms with Crippen molar-refractivity contribution in [1.29, 1.82) is 0 Å². The van der Waals surface area contributed by atoms with E-state index in [2.05, 4.69) is 4.98 Å². The quantitative estimate of drug-likeness (QED) is 0.833. The molecule has 1 amide bonds. The number of hydrogen-bond donors (Lipinski definition) is 1. The van der Waals surface area contributed by atoms with Gasteiger partial charge in [0.15, 0.2) is 0 Å². The number of alkyl halides is 2. The molecule has 0 bridgehead atoms. The minimum atomic E-state index is -2.54. The molecule has 1 aromatic rings. The molecule has 4 nitrogen and oxygen atoms in total. The van der Waals surface area contributed by atoms with Crippen LogP contribution in [0.25, 0.3) is 0 Å². The van der Waals surface area contributed by atoms with Gasteiger partial charge in [-0.05, 0) is 12.1 Å². The molecule has 0 saturated carbocycles. The van der Waals surface area contributed by atoms with E-state index in [1.165, 1.54) is 25.4 Å². The van der Waals surface area contributed by atoms with E-state index in [1.807, 2.05) is 0 Å². The number of nitrogens with zero attached hydrogens (tertiary/aromatic N) is 2. The first-order valence-corrected chi connectivity index (χ1v) is 4.73. The summed E-state index contributed by atoms with van der Waals surface area (Å²) in [5, 5.41) is 0. The second-order valence-electron chi connectivity index (χ2n) is 3.32. The average molecular weight is 229 g/mol. The summed E-state index contributed by atoms with van der Waals surface area (Å²) in [6.07, 6.45) is -1.10. The van der Waals surface area contributed by atoms with Crippen molar-refractivity contribution in [2.24, 2.45) is 5.73 Å². The first-order chi connectivity index (χ1) is 7.54. The van der Waals surface area contributed by atoms with E-state index >= 15 is 0 Å². The molecule has 1 heterocycles. The van der Waals surface area contributed by atoms with Gasteiger partial charge in [0.25, 0.3) is 12.3 Å². The molecule has 0 fully saturated rings. The van der Waals surface area contributed by atoms with Gasteiger partial charge in [0.1, 0.15) is 0 Å². The number of rotatable bonds is 4. The minimum absolute atomic E-state index is 0.208. The van der Waals surface area contributed by atoms with Crippen molar-refractivity contribution in [3.05, 3.63) is 29.6 Å². The fraction of sp³-hybridized carbons (Fsp3) is 0.400. The summed E-state index contributed by atoms with van der Waals surface area (Å²) in [6, 6.07) is 2.98. The molecule has 0 saturated heterocycles. The predicted molar refractivity (Wildman–Crippen MR) is 55.1 cm³/mol. The Morgan fingerprint density at radius 1 is 1.62 bits per heavy atom. The Morgan fingerprint density at radius 2 is 2.31 bits per heavy atom. The molecule has 0 radical (unpaired) electrons. The topological polar surface area (TPSA) is 59.2 Å². The van der Waals surface area contributed by atoms with Gasteiger partial charge >= 0.3 is 0 Å². The zero-order valence-corrected chi connectivity index (χ0v) is 8.86. The van der Waals surface area contributed by atoms with E-state index in [9.17, 15) is 13.6 Å². The summed E-state index contributed by atoms with van der Waals surface area (Å²) in [5.74, 6) is -0.461. The molecule has 1 rings (SSSR count). The monoisotopic (exact) mass is 229 g/mol. The molecule has 6 heteroatoms. The largest absolute Gasteiger partial charge is 0.336 e. The molecule has 0 aliphatic heterocycles. The van der Waals surface area contributed by atoms with E-state index in [4.69, 9.17) is 5.73 Å². The van der Waals surface area contributed by atoms with Crippen molar-refractivity contribution in [2.75, 3.05) is 13.6 Å². The average Bonchev–Trinajstić information content (AvgIpc) is 2.27. The molecular formula is C10H13F2N3O. The Morgan fingerprint density at radius 3 is 2.88 bits per heavy atom. The first kappa shape index (κ1) is 12.5. The maximum Gasteiger partial charge on any atom is 0.255 e. The van der Waals surface area contributed by atoms with Crippen LogP contribution >= 0.6 is 0 Å².